The largest absolute Gasteiger partial charge is 0.399 e. The summed E-state index contributed by atoms with van der Waals surface area (Å²) in [6.45, 7) is 1.85. The lowest BCUT2D eigenvalue weighted by atomic mass is 10.2. The van der Waals surface area contributed by atoms with Gasteiger partial charge in [0.05, 0.1) is 5.69 Å². The number of anilines is 2. The Hall–Kier alpha value is -2.04. The van der Waals surface area contributed by atoms with E-state index in [1.165, 1.54) is 0 Å². The first-order valence-corrected chi connectivity index (χ1v) is 5.13. The zero-order valence-corrected chi connectivity index (χ0v) is 8.93. The Morgan fingerprint density at radius 1 is 1.44 bits per heavy atom. The highest BCUT2D eigenvalue weighted by atomic mass is 16.2. The van der Waals surface area contributed by atoms with Crippen molar-refractivity contribution in [2.45, 2.75) is 19.4 Å². The van der Waals surface area contributed by atoms with E-state index in [9.17, 15) is 9.59 Å². The van der Waals surface area contributed by atoms with Crippen molar-refractivity contribution in [3.8, 4) is 0 Å². The van der Waals surface area contributed by atoms with E-state index in [-0.39, 0.29) is 11.9 Å². The van der Waals surface area contributed by atoms with Gasteiger partial charge in [-0.1, -0.05) is 13.0 Å². The third kappa shape index (κ3) is 1.60. The third-order valence-corrected chi connectivity index (χ3v) is 2.56. The lowest BCUT2D eigenvalue weighted by Gasteiger charge is -2.12. The van der Waals surface area contributed by atoms with Crippen molar-refractivity contribution in [2.24, 2.45) is 0 Å². The molecule has 1 unspecified atom stereocenters. The van der Waals surface area contributed by atoms with Crippen LogP contribution in [-0.2, 0) is 4.79 Å². The zero-order valence-electron chi connectivity index (χ0n) is 8.93. The van der Waals surface area contributed by atoms with Crippen molar-refractivity contribution in [3.63, 3.8) is 0 Å². The molecule has 2 rings (SSSR count). The standard InChI is InChI=1S/C11H13N3O2/c1-2-9-10(15)14(11(16)13-9)8-5-3-4-7(12)6-8/h3-6,9H,2,12H2,1H3,(H,13,16). The molecule has 1 heterocycles. The van der Waals surface area contributed by atoms with Crippen LogP contribution in [0.1, 0.15) is 13.3 Å². The number of benzene rings is 1. The summed E-state index contributed by atoms with van der Waals surface area (Å²) in [7, 11) is 0. The van der Waals surface area contributed by atoms with Crippen molar-refractivity contribution in [2.75, 3.05) is 10.6 Å². The summed E-state index contributed by atoms with van der Waals surface area (Å²) in [6, 6.07) is 5.90. The van der Waals surface area contributed by atoms with E-state index in [0.29, 0.717) is 17.8 Å². The topological polar surface area (TPSA) is 75.4 Å². The van der Waals surface area contributed by atoms with Gasteiger partial charge in [0.15, 0.2) is 0 Å². The fourth-order valence-corrected chi connectivity index (χ4v) is 1.72. The fourth-order valence-electron chi connectivity index (χ4n) is 1.72. The molecule has 1 aromatic rings. The van der Waals surface area contributed by atoms with Crippen molar-refractivity contribution < 1.29 is 9.59 Å². The Balaban J connectivity index is 2.34. The average Bonchev–Trinajstić information content (AvgIpc) is 2.53. The van der Waals surface area contributed by atoms with Gasteiger partial charge in [-0.2, -0.15) is 0 Å². The molecule has 0 saturated carbocycles. The van der Waals surface area contributed by atoms with Gasteiger partial charge in [0.1, 0.15) is 6.04 Å². The van der Waals surface area contributed by atoms with Gasteiger partial charge in [0.25, 0.3) is 5.91 Å². The number of rotatable bonds is 2. The monoisotopic (exact) mass is 219 g/mol. The Morgan fingerprint density at radius 2 is 2.19 bits per heavy atom. The maximum Gasteiger partial charge on any atom is 0.329 e. The number of nitrogens with zero attached hydrogens (tertiary/aromatic N) is 1. The predicted octanol–water partition coefficient (Wildman–Crippen LogP) is 1.10. The minimum atomic E-state index is -0.422. The van der Waals surface area contributed by atoms with Crippen molar-refractivity contribution in [3.05, 3.63) is 24.3 Å². The molecular formula is C11H13N3O2. The van der Waals surface area contributed by atoms with Crippen LogP contribution in [0.15, 0.2) is 24.3 Å². The minimum Gasteiger partial charge on any atom is -0.399 e. The van der Waals surface area contributed by atoms with Crippen LogP contribution in [-0.4, -0.2) is 18.0 Å². The smallest absolute Gasteiger partial charge is 0.329 e. The second-order valence-corrected chi connectivity index (χ2v) is 3.68. The second kappa shape index (κ2) is 3.84. The summed E-state index contributed by atoms with van der Waals surface area (Å²) >= 11 is 0. The van der Waals surface area contributed by atoms with E-state index in [1.807, 2.05) is 6.92 Å². The average molecular weight is 219 g/mol. The molecule has 1 fully saturated rings. The highest BCUT2D eigenvalue weighted by Crippen LogP contribution is 2.22. The second-order valence-electron chi connectivity index (χ2n) is 3.68. The maximum absolute atomic E-state index is 11.9. The first kappa shape index (κ1) is 10.5. The van der Waals surface area contributed by atoms with Crippen LogP contribution >= 0.6 is 0 Å². The van der Waals surface area contributed by atoms with E-state index in [2.05, 4.69) is 5.32 Å². The van der Waals surface area contributed by atoms with E-state index in [4.69, 9.17) is 5.73 Å². The van der Waals surface area contributed by atoms with Crippen LogP contribution in [0.5, 0.6) is 0 Å². The molecule has 1 aliphatic rings. The molecule has 3 amide bonds. The minimum absolute atomic E-state index is 0.224. The molecule has 1 aliphatic heterocycles. The molecule has 0 aromatic heterocycles. The van der Waals surface area contributed by atoms with E-state index in [1.54, 1.807) is 24.3 Å². The van der Waals surface area contributed by atoms with Gasteiger partial charge >= 0.3 is 6.03 Å². The molecule has 0 spiro atoms. The van der Waals surface area contributed by atoms with Gasteiger partial charge in [0, 0.05) is 5.69 Å². The molecule has 5 heteroatoms. The number of nitrogens with two attached hydrogens (primary N) is 1. The van der Waals surface area contributed by atoms with E-state index >= 15 is 0 Å². The Kier molecular flexibility index (Phi) is 2.52. The van der Waals surface area contributed by atoms with E-state index in [0.717, 1.165) is 4.90 Å². The summed E-state index contributed by atoms with van der Waals surface area (Å²) < 4.78 is 0. The Morgan fingerprint density at radius 3 is 2.75 bits per heavy atom. The molecule has 0 radical (unpaired) electrons. The van der Waals surface area contributed by atoms with Crippen LogP contribution in [0.2, 0.25) is 0 Å². The number of hydrogen-bond donors (Lipinski definition) is 2. The number of imide groups is 1. The normalized spacial score (nSPS) is 20.1. The predicted molar refractivity (Wildman–Crippen MR) is 61.0 cm³/mol. The van der Waals surface area contributed by atoms with E-state index < -0.39 is 6.04 Å². The highest BCUT2D eigenvalue weighted by molar-refractivity contribution is 6.21. The number of amides is 3. The van der Waals surface area contributed by atoms with Gasteiger partial charge in [-0.25, -0.2) is 9.69 Å². The van der Waals surface area contributed by atoms with Gasteiger partial charge in [-0.15, -0.1) is 0 Å². The van der Waals surface area contributed by atoms with Crippen LogP contribution < -0.4 is 16.0 Å². The van der Waals surface area contributed by atoms with Gasteiger partial charge in [-0.3, -0.25) is 4.79 Å². The summed E-state index contributed by atoms with van der Waals surface area (Å²) in [6.07, 6.45) is 0.587. The number of carbonyl (C=O) groups excluding carboxylic acids is 2. The quantitative estimate of drug-likeness (QED) is 0.577. The first-order chi connectivity index (χ1) is 7.63. The van der Waals surface area contributed by atoms with Crippen LogP contribution in [0, 0.1) is 0 Å². The third-order valence-electron chi connectivity index (χ3n) is 2.56. The molecule has 1 saturated heterocycles. The van der Waals surface area contributed by atoms with Crippen molar-refractivity contribution in [1.29, 1.82) is 0 Å². The van der Waals surface area contributed by atoms with Crippen LogP contribution in [0.25, 0.3) is 0 Å². The number of nitrogens with one attached hydrogen (secondary N) is 1. The summed E-state index contributed by atoms with van der Waals surface area (Å²) in [5.74, 6) is -0.224. The lowest BCUT2D eigenvalue weighted by molar-refractivity contribution is -0.118. The van der Waals surface area contributed by atoms with Gasteiger partial charge in [0.2, 0.25) is 0 Å². The molecule has 0 bridgehead atoms. The van der Waals surface area contributed by atoms with Gasteiger partial charge in [-0.05, 0) is 24.6 Å². The molecule has 84 valence electrons. The van der Waals surface area contributed by atoms with Gasteiger partial charge < -0.3 is 11.1 Å². The molecular weight excluding hydrogens is 206 g/mol. The molecule has 16 heavy (non-hydrogen) atoms. The summed E-state index contributed by atoms with van der Waals surface area (Å²) in [4.78, 5) is 24.6. The molecule has 0 aliphatic carbocycles. The number of urea groups is 1. The molecule has 5 nitrogen and oxygen atoms in total. The first-order valence-electron chi connectivity index (χ1n) is 5.13. The molecule has 1 atom stereocenters. The zero-order chi connectivity index (χ0) is 11.7. The maximum atomic E-state index is 11.9. The number of hydrogen-bond acceptors (Lipinski definition) is 3. The Labute approximate surface area is 93.2 Å². The van der Waals surface area contributed by atoms with Crippen molar-refractivity contribution >= 4 is 23.3 Å². The fraction of sp³-hybridized carbons (Fsp3) is 0.273. The summed E-state index contributed by atoms with van der Waals surface area (Å²) in [5.41, 5.74) is 6.65. The molecule has 3 N–H and O–H groups in total. The summed E-state index contributed by atoms with van der Waals surface area (Å²) in [5, 5.41) is 2.62. The number of carbonyl (C=O) groups is 2. The lowest BCUT2D eigenvalue weighted by Crippen LogP contribution is -2.31. The van der Waals surface area contributed by atoms with Crippen LogP contribution in [0.4, 0.5) is 16.2 Å². The Bertz CT molecular complexity index is 445. The SMILES string of the molecule is CCC1NC(=O)N(c2cccc(N)c2)C1=O. The highest BCUT2D eigenvalue weighted by Gasteiger charge is 2.37. The number of nitrogen functional groups attached to an aromatic ring is 1. The molecule has 1 aromatic carbocycles. The van der Waals surface area contributed by atoms with Crippen LogP contribution in [0.3, 0.4) is 0 Å². The van der Waals surface area contributed by atoms with Crippen molar-refractivity contribution in [1.82, 2.24) is 5.32 Å².